The Hall–Kier alpha value is -3.61. The van der Waals surface area contributed by atoms with Gasteiger partial charge in [0.1, 0.15) is 17.0 Å². The minimum absolute atomic E-state index is 0.00410. The quantitative estimate of drug-likeness (QED) is 0.333. The maximum absolute atomic E-state index is 11.5. The molecule has 0 radical (unpaired) electrons. The molecule has 7 heteroatoms. The number of fused-ring (bicyclic) bond motifs is 2. The average molecular weight is 320 g/mol. The molecular weight excluding hydrogens is 308 g/mol. The molecule has 5 N–H and O–H groups in total. The molecule has 4 rings (SSSR count). The van der Waals surface area contributed by atoms with Gasteiger partial charge in [-0.3, -0.25) is 0 Å². The second-order valence-corrected chi connectivity index (χ2v) is 5.37. The van der Waals surface area contributed by atoms with Crippen molar-refractivity contribution in [2.24, 2.45) is 0 Å². The molecule has 118 valence electrons. The molecule has 2 aromatic rings. The van der Waals surface area contributed by atoms with Crippen LogP contribution in [0.3, 0.4) is 0 Å². The molecule has 24 heavy (non-hydrogen) atoms. The topological polar surface area (TPSA) is 129 Å². The highest BCUT2D eigenvalue weighted by molar-refractivity contribution is 6.05. The number of nitrogens with zero attached hydrogens (tertiary/aromatic N) is 1. The van der Waals surface area contributed by atoms with E-state index in [0.29, 0.717) is 44.6 Å². The third-order valence-corrected chi connectivity index (χ3v) is 3.84. The molecule has 1 aliphatic heterocycles. The van der Waals surface area contributed by atoms with Crippen molar-refractivity contribution in [2.45, 2.75) is 0 Å². The molecular formula is C17H12N4O3. The van der Waals surface area contributed by atoms with Gasteiger partial charge in [-0.05, 0) is 24.3 Å². The van der Waals surface area contributed by atoms with E-state index in [0.717, 1.165) is 0 Å². The standard InChI is InChI=1S/C17H12N4O3/c18-8-1-3-10-12(5-8)24-13-6-9(19)2-4-11(13)14(10)15-16(17(22)23)21-7-20-15/h1-7,18H,19H2,(H,20,21)(H,22,23). The van der Waals surface area contributed by atoms with Crippen LogP contribution in [-0.2, 0) is 0 Å². The van der Waals surface area contributed by atoms with Crippen LogP contribution in [0.15, 0.2) is 47.1 Å². The van der Waals surface area contributed by atoms with Gasteiger partial charge >= 0.3 is 5.97 Å². The second kappa shape index (κ2) is 4.95. The van der Waals surface area contributed by atoms with E-state index >= 15 is 0 Å². The molecule has 0 saturated heterocycles. The largest absolute Gasteiger partial charge is 0.477 e. The first kappa shape index (κ1) is 14.0. The highest BCUT2D eigenvalue weighted by atomic mass is 16.4. The number of imidazole rings is 1. The summed E-state index contributed by atoms with van der Waals surface area (Å²) < 4.78 is 5.86. The molecule has 0 unspecified atom stereocenters. The van der Waals surface area contributed by atoms with Crippen LogP contribution in [0.25, 0.3) is 33.6 Å². The van der Waals surface area contributed by atoms with Crippen molar-refractivity contribution < 1.29 is 14.3 Å². The van der Waals surface area contributed by atoms with Crippen LogP contribution in [-0.4, -0.2) is 21.0 Å². The van der Waals surface area contributed by atoms with Crippen LogP contribution in [0.2, 0.25) is 0 Å². The Balaban J connectivity index is 2.21. The third-order valence-electron chi connectivity index (χ3n) is 3.84. The zero-order valence-corrected chi connectivity index (χ0v) is 12.3. The van der Waals surface area contributed by atoms with Crippen molar-refractivity contribution in [3.05, 3.63) is 53.8 Å². The molecule has 0 amide bonds. The fourth-order valence-corrected chi connectivity index (χ4v) is 2.81. The summed E-state index contributed by atoms with van der Waals surface area (Å²) >= 11 is 0. The van der Waals surface area contributed by atoms with Gasteiger partial charge in [0, 0.05) is 34.3 Å². The maximum atomic E-state index is 11.5. The fourth-order valence-electron chi connectivity index (χ4n) is 2.81. The van der Waals surface area contributed by atoms with E-state index in [4.69, 9.17) is 15.6 Å². The van der Waals surface area contributed by atoms with Crippen LogP contribution < -0.4 is 11.1 Å². The van der Waals surface area contributed by atoms with Gasteiger partial charge in [-0.25, -0.2) is 9.78 Å². The summed E-state index contributed by atoms with van der Waals surface area (Å²) in [6.07, 6.45) is 1.34. The number of benzene rings is 2. The zero-order valence-electron chi connectivity index (χ0n) is 12.3. The van der Waals surface area contributed by atoms with Crippen molar-refractivity contribution in [1.82, 2.24) is 9.97 Å². The summed E-state index contributed by atoms with van der Waals surface area (Å²) in [5.74, 6) is -0.632. The molecule has 2 heterocycles. The number of hydrogen-bond acceptors (Lipinski definition) is 5. The van der Waals surface area contributed by atoms with Gasteiger partial charge in [-0.1, -0.05) is 0 Å². The Morgan fingerprint density at radius 3 is 2.88 bits per heavy atom. The Morgan fingerprint density at radius 1 is 1.25 bits per heavy atom. The highest BCUT2D eigenvalue weighted by Crippen LogP contribution is 2.40. The number of carbonyl (C=O) groups is 1. The second-order valence-electron chi connectivity index (χ2n) is 5.37. The predicted molar refractivity (Wildman–Crippen MR) is 87.6 cm³/mol. The monoisotopic (exact) mass is 320 g/mol. The number of nitrogens with one attached hydrogen (secondary N) is 2. The maximum Gasteiger partial charge on any atom is 0.354 e. The van der Waals surface area contributed by atoms with E-state index in [1.54, 1.807) is 36.4 Å². The normalized spacial score (nSPS) is 11.2. The SMILES string of the molecule is N=c1ccc2c(-c3nc[nH]c3C(=O)O)c3ccc(N)cc3oc-2c1. The number of nitrogen functional groups attached to an aromatic ring is 1. The van der Waals surface area contributed by atoms with Crippen LogP contribution >= 0.6 is 0 Å². The molecule has 7 nitrogen and oxygen atoms in total. The lowest BCUT2D eigenvalue weighted by Gasteiger charge is -2.14. The molecule has 0 saturated carbocycles. The van der Waals surface area contributed by atoms with E-state index in [9.17, 15) is 9.90 Å². The van der Waals surface area contributed by atoms with Gasteiger partial charge in [0.05, 0.1) is 11.7 Å². The summed E-state index contributed by atoms with van der Waals surface area (Å²) in [7, 11) is 0. The number of nitrogens with two attached hydrogens (primary N) is 1. The number of aromatic carboxylic acids is 1. The zero-order chi connectivity index (χ0) is 16.8. The van der Waals surface area contributed by atoms with Crippen molar-refractivity contribution >= 4 is 22.6 Å². The summed E-state index contributed by atoms with van der Waals surface area (Å²) in [5.41, 5.74) is 8.48. The van der Waals surface area contributed by atoms with E-state index in [-0.39, 0.29) is 5.69 Å². The summed E-state index contributed by atoms with van der Waals surface area (Å²) in [6, 6.07) is 10.1. The highest BCUT2D eigenvalue weighted by Gasteiger charge is 2.23. The number of anilines is 1. The van der Waals surface area contributed by atoms with E-state index < -0.39 is 5.97 Å². The molecule has 1 aliphatic carbocycles. The molecule has 1 aromatic carbocycles. The Labute approximate surface area is 135 Å². The minimum Gasteiger partial charge on any atom is -0.477 e. The van der Waals surface area contributed by atoms with Gasteiger partial charge in [-0.15, -0.1) is 0 Å². The van der Waals surface area contributed by atoms with Crippen molar-refractivity contribution in [1.29, 1.82) is 5.41 Å². The number of carboxylic acids is 1. The lowest BCUT2D eigenvalue weighted by molar-refractivity contribution is 0.0692. The minimum atomic E-state index is -1.10. The first-order chi connectivity index (χ1) is 11.5. The Bertz CT molecular complexity index is 1130. The first-order valence-corrected chi connectivity index (χ1v) is 7.12. The lowest BCUT2D eigenvalue weighted by atomic mass is 9.96. The molecule has 0 atom stereocenters. The van der Waals surface area contributed by atoms with Crippen molar-refractivity contribution in [2.75, 3.05) is 5.73 Å². The molecule has 0 bridgehead atoms. The predicted octanol–water partition coefficient (Wildman–Crippen LogP) is 2.69. The van der Waals surface area contributed by atoms with Gasteiger partial charge in [0.15, 0.2) is 5.69 Å². The van der Waals surface area contributed by atoms with Crippen LogP contribution in [0.4, 0.5) is 5.69 Å². The molecule has 1 aromatic heterocycles. The van der Waals surface area contributed by atoms with Gasteiger partial charge in [0.25, 0.3) is 0 Å². The van der Waals surface area contributed by atoms with Crippen LogP contribution in [0.1, 0.15) is 10.5 Å². The molecule has 0 fully saturated rings. The third kappa shape index (κ3) is 2.03. The Morgan fingerprint density at radius 2 is 2.08 bits per heavy atom. The summed E-state index contributed by atoms with van der Waals surface area (Å²) in [5, 5.41) is 18.2. The number of rotatable bonds is 2. The van der Waals surface area contributed by atoms with Gasteiger partial charge < -0.3 is 25.7 Å². The number of hydrogen-bond donors (Lipinski definition) is 4. The number of H-pyrrole nitrogens is 1. The Kier molecular flexibility index (Phi) is 2.89. The van der Waals surface area contributed by atoms with Crippen LogP contribution in [0.5, 0.6) is 0 Å². The summed E-state index contributed by atoms with van der Waals surface area (Å²) in [6.45, 7) is 0. The van der Waals surface area contributed by atoms with Gasteiger partial charge in [0.2, 0.25) is 0 Å². The lowest BCUT2D eigenvalue weighted by Crippen LogP contribution is -2.03. The summed E-state index contributed by atoms with van der Waals surface area (Å²) in [4.78, 5) is 18.3. The van der Waals surface area contributed by atoms with E-state index in [2.05, 4.69) is 9.97 Å². The number of aromatic amines is 1. The van der Waals surface area contributed by atoms with E-state index in [1.165, 1.54) is 6.33 Å². The molecule has 0 spiro atoms. The fraction of sp³-hybridized carbons (Fsp3) is 0. The smallest absolute Gasteiger partial charge is 0.354 e. The van der Waals surface area contributed by atoms with Crippen molar-refractivity contribution in [3.8, 4) is 22.6 Å². The molecule has 2 aliphatic rings. The van der Waals surface area contributed by atoms with Gasteiger partial charge in [-0.2, -0.15) is 0 Å². The number of carboxylic acid groups (broad SMARTS) is 1. The number of aromatic nitrogens is 2. The van der Waals surface area contributed by atoms with E-state index in [1.807, 2.05) is 0 Å². The van der Waals surface area contributed by atoms with Crippen LogP contribution in [0, 0.1) is 5.41 Å². The average Bonchev–Trinajstić information content (AvgIpc) is 3.01. The first-order valence-electron chi connectivity index (χ1n) is 7.12. The van der Waals surface area contributed by atoms with Crippen molar-refractivity contribution in [3.63, 3.8) is 0 Å².